The van der Waals surface area contributed by atoms with E-state index in [4.69, 9.17) is 16.2 Å². The second-order valence-corrected chi connectivity index (χ2v) is 7.09. The monoisotopic (exact) mass is 333 g/mol. The van der Waals surface area contributed by atoms with E-state index in [9.17, 15) is 5.11 Å². The molecule has 2 saturated heterocycles. The number of nitrogen functional groups attached to an aromatic ring is 2. The van der Waals surface area contributed by atoms with Gasteiger partial charge in [0.2, 0.25) is 5.95 Å². The number of nitrogens with one attached hydrogen (secondary N) is 1. The fourth-order valence-electron chi connectivity index (χ4n) is 3.84. The normalized spacial score (nSPS) is 30.0. The highest BCUT2D eigenvalue weighted by molar-refractivity contribution is 5.82. The van der Waals surface area contributed by atoms with Crippen LogP contribution in [0.2, 0.25) is 0 Å². The van der Waals surface area contributed by atoms with E-state index >= 15 is 0 Å². The average molecular weight is 333 g/mol. The fraction of sp³-hybridized carbons (Fsp3) is 0.667. The summed E-state index contributed by atoms with van der Waals surface area (Å²) < 4.78 is 7.97. The lowest BCUT2D eigenvalue weighted by Gasteiger charge is -2.49. The first-order valence-electron chi connectivity index (χ1n) is 8.23. The lowest BCUT2D eigenvalue weighted by atomic mass is 9.77. The smallest absolute Gasteiger partial charge is 0.224 e. The summed E-state index contributed by atoms with van der Waals surface area (Å²) in [6, 6.07) is -0.219. The SMILES string of the molecule is C[C@]1(O)COC2(CCNCC2)C[C@@H]1n1cnc2c(N)nc(N)nc21. The van der Waals surface area contributed by atoms with Crippen LogP contribution in [0.15, 0.2) is 6.33 Å². The van der Waals surface area contributed by atoms with Crippen LogP contribution in [-0.2, 0) is 4.74 Å². The first kappa shape index (κ1) is 15.6. The van der Waals surface area contributed by atoms with Gasteiger partial charge in [-0.25, -0.2) is 4.98 Å². The van der Waals surface area contributed by atoms with Crippen molar-refractivity contribution in [3.05, 3.63) is 6.33 Å². The fourth-order valence-corrected chi connectivity index (χ4v) is 3.84. The molecule has 9 heteroatoms. The maximum absolute atomic E-state index is 10.9. The van der Waals surface area contributed by atoms with Crippen LogP contribution < -0.4 is 16.8 Å². The molecule has 0 saturated carbocycles. The molecule has 2 aromatic heterocycles. The van der Waals surface area contributed by atoms with Gasteiger partial charge in [0.1, 0.15) is 11.1 Å². The summed E-state index contributed by atoms with van der Waals surface area (Å²) in [5.41, 5.74) is 11.5. The van der Waals surface area contributed by atoms with Crippen LogP contribution in [0.5, 0.6) is 0 Å². The van der Waals surface area contributed by atoms with Crippen LogP contribution in [-0.4, -0.2) is 55.5 Å². The van der Waals surface area contributed by atoms with Gasteiger partial charge in [-0.05, 0) is 32.9 Å². The Morgan fingerprint density at radius 3 is 2.83 bits per heavy atom. The van der Waals surface area contributed by atoms with Gasteiger partial charge in [-0.2, -0.15) is 9.97 Å². The number of hydrogen-bond acceptors (Lipinski definition) is 8. The molecular weight excluding hydrogens is 310 g/mol. The Kier molecular flexibility index (Phi) is 3.41. The number of imidazole rings is 1. The predicted octanol–water partition coefficient (Wildman–Crippen LogP) is -0.175. The largest absolute Gasteiger partial charge is 0.386 e. The van der Waals surface area contributed by atoms with Gasteiger partial charge in [0.05, 0.1) is 24.6 Å². The number of rotatable bonds is 1. The standard InChI is InChI=1S/C15H23N7O2/c1-14(23)7-24-15(2-4-18-5-3-15)6-9(14)22-8-19-10-11(16)20-13(17)21-12(10)22/h8-9,18,23H,2-7H2,1H3,(H4,16,17,20,21)/t9-,14-/m0/s1. The van der Waals surface area contributed by atoms with E-state index in [1.54, 1.807) is 13.3 Å². The van der Waals surface area contributed by atoms with Gasteiger partial charge in [-0.1, -0.05) is 0 Å². The van der Waals surface area contributed by atoms with Gasteiger partial charge in [-0.3, -0.25) is 0 Å². The number of ether oxygens (including phenoxy) is 1. The van der Waals surface area contributed by atoms with Crippen molar-refractivity contribution >= 4 is 22.9 Å². The molecule has 9 nitrogen and oxygen atoms in total. The molecule has 4 rings (SSSR count). The van der Waals surface area contributed by atoms with E-state index in [1.807, 2.05) is 4.57 Å². The third-order valence-corrected chi connectivity index (χ3v) is 5.27. The van der Waals surface area contributed by atoms with Crippen LogP contribution in [0.3, 0.4) is 0 Å². The number of piperidine rings is 1. The number of nitrogens with two attached hydrogens (primary N) is 2. The second-order valence-electron chi connectivity index (χ2n) is 7.09. The van der Waals surface area contributed by atoms with Crippen molar-refractivity contribution in [1.82, 2.24) is 24.8 Å². The minimum absolute atomic E-state index is 0.102. The Balaban J connectivity index is 1.78. The molecule has 0 bridgehead atoms. The zero-order chi connectivity index (χ0) is 16.9. The molecule has 2 aromatic rings. The van der Waals surface area contributed by atoms with Gasteiger partial charge in [-0.15, -0.1) is 0 Å². The molecule has 24 heavy (non-hydrogen) atoms. The number of hydrogen-bond donors (Lipinski definition) is 4. The number of aliphatic hydroxyl groups is 1. The topological polar surface area (TPSA) is 137 Å². The lowest BCUT2D eigenvalue weighted by molar-refractivity contribution is -0.194. The van der Waals surface area contributed by atoms with Crippen molar-refractivity contribution in [3.8, 4) is 0 Å². The highest BCUT2D eigenvalue weighted by Gasteiger charge is 2.48. The lowest BCUT2D eigenvalue weighted by Crippen LogP contribution is -2.56. The molecule has 2 fully saturated rings. The number of anilines is 2. The zero-order valence-corrected chi connectivity index (χ0v) is 13.7. The molecule has 0 unspecified atom stereocenters. The maximum atomic E-state index is 10.9. The van der Waals surface area contributed by atoms with E-state index in [0.717, 1.165) is 25.9 Å². The molecule has 6 N–H and O–H groups in total. The van der Waals surface area contributed by atoms with Crippen molar-refractivity contribution < 1.29 is 9.84 Å². The summed E-state index contributed by atoms with van der Waals surface area (Å²) in [5.74, 6) is 0.351. The number of aromatic nitrogens is 4. The Bertz CT molecular complexity index is 767. The summed E-state index contributed by atoms with van der Waals surface area (Å²) in [6.45, 7) is 3.89. The van der Waals surface area contributed by atoms with E-state index in [0.29, 0.717) is 17.6 Å². The predicted molar refractivity (Wildman–Crippen MR) is 89.2 cm³/mol. The highest BCUT2D eigenvalue weighted by atomic mass is 16.5. The van der Waals surface area contributed by atoms with Crippen molar-refractivity contribution in [1.29, 1.82) is 0 Å². The number of fused-ring (bicyclic) bond motifs is 1. The van der Waals surface area contributed by atoms with E-state index in [-0.39, 0.29) is 30.0 Å². The van der Waals surface area contributed by atoms with Gasteiger partial charge < -0.3 is 31.2 Å². The minimum atomic E-state index is -1.03. The summed E-state index contributed by atoms with van der Waals surface area (Å²) in [5, 5.41) is 14.3. The second kappa shape index (κ2) is 5.27. The summed E-state index contributed by atoms with van der Waals surface area (Å²) in [6.07, 6.45) is 4.20. The van der Waals surface area contributed by atoms with Crippen molar-refractivity contribution in [2.45, 2.75) is 43.4 Å². The molecule has 2 atom stereocenters. The van der Waals surface area contributed by atoms with Crippen molar-refractivity contribution in [2.24, 2.45) is 0 Å². The van der Waals surface area contributed by atoms with Crippen molar-refractivity contribution in [3.63, 3.8) is 0 Å². The van der Waals surface area contributed by atoms with Crippen LogP contribution in [0, 0.1) is 0 Å². The van der Waals surface area contributed by atoms with Crippen LogP contribution in [0.1, 0.15) is 32.2 Å². The molecule has 0 radical (unpaired) electrons. The number of nitrogens with zero attached hydrogens (tertiary/aromatic N) is 4. The minimum Gasteiger partial charge on any atom is -0.386 e. The molecule has 0 amide bonds. The molecule has 2 aliphatic rings. The summed E-state index contributed by atoms with van der Waals surface area (Å²) >= 11 is 0. The summed E-state index contributed by atoms with van der Waals surface area (Å²) in [4.78, 5) is 12.6. The Labute approximate surface area is 139 Å². The van der Waals surface area contributed by atoms with Gasteiger partial charge in [0.25, 0.3) is 0 Å². The van der Waals surface area contributed by atoms with E-state index < -0.39 is 5.60 Å². The van der Waals surface area contributed by atoms with E-state index in [1.165, 1.54) is 0 Å². The molecule has 130 valence electrons. The zero-order valence-electron chi connectivity index (χ0n) is 13.7. The Morgan fingerprint density at radius 1 is 1.33 bits per heavy atom. The molecule has 1 spiro atoms. The van der Waals surface area contributed by atoms with E-state index in [2.05, 4.69) is 20.3 Å². The third kappa shape index (κ3) is 2.40. The molecule has 4 heterocycles. The van der Waals surface area contributed by atoms with Gasteiger partial charge >= 0.3 is 0 Å². The molecule has 0 aromatic carbocycles. The van der Waals surface area contributed by atoms with Crippen molar-refractivity contribution in [2.75, 3.05) is 31.2 Å². The Morgan fingerprint density at radius 2 is 2.08 bits per heavy atom. The maximum Gasteiger partial charge on any atom is 0.224 e. The third-order valence-electron chi connectivity index (χ3n) is 5.27. The van der Waals surface area contributed by atoms with Crippen LogP contribution in [0.4, 0.5) is 11.8 Å². The first-order chi connectivity index (χ1) is 11.4. The van der Waals surface area contributed by atoms with Gasteiger partial charge in [0.15, 0.2) is 11.5 Å². The molecular formula is C15H23N7O2. The first-order valence-corrected chi connectivity index (χ1v) is 8.23. The van der Waals surface area contributed by atoms with Crippen LogP contribution >= 0.6 is 0 Å². The summed E-state index contributed by atoms with van der Waals surface area (Å²) in [7, 11) is 0. The van der Waals surface area contributed by atoms with Gasteiger partial charge in [0, 0.05) is 6.42 Å². The highest BCUT2D eigenvalue weighted by Crippen LogP contribution is 2.43. The average Bonchev–Trinajstić information content (AvgIpc) is 2.95. The quantitative estimate of drug-likeness (QED) is 0.564. The molecule has 0 aliphatic carbocycles. The Hall–Kier alpha value is -1.97. The van der Waals surface area contributed by atoms with Crippen LogP contribution in [0.25, 0.3) is 11.2 Å². The molecule has 2 aliphatic heterocycles.